The Balaban J connectivity index is 2.02. The van der Waals surface area contributed by atoms with Crippen molar-refractivity contribution in [3.8, 4) is 5.75 Å². The van der Waals surface area contributed by atoms with Crippen LogP contribution in [0.2, 0.25) is 0 Å². The molecule has 8 heteroatoms. The van der Waals surface area contributed by atoms with Crippen LogP contribution >= 0.6 is 0 Å². The number of anilines is 1. The highest BCUT2D eigenvalue weighted by atomic mass is 32.2. The number of halogens is 1. The molecule has 1 atom stereocenters. The topological polar surface area (TPSA) is 75.7 Å². The molecule has 0 heterocycles. The largest absolute Gasteiger partial charge is 0.497 e. The van der Waals surface area contributed by atoms with E-state index < -0.39 is 27.8 Å². The number of carbonyl (C=O) groups excluding carboxylic acids is 1. The van der Waals surface area contributed by atoms with Gasteiger partial charge in [0.05, 0.1) is 19.1 Å². The third-order valence-electron chi connectivity index (χ3n) is 4.52. The van der Waals surface area contributed by atoms with Gasteiger partial charge in [-0.2, -0.15) is 0 Å². The summed E-state index contributed by atoms with van der Waals surface area (Å²) in [6.07, 6.45) is 2.63. The highest BCUT2D eigenvalue weighted by Crippen LogP contribution is 2.25. The van der Waals surface area contributed by atoms with E-state index in [1.807, 2.05) is 24.3 Å². The Morgan fingerprint density at radius 2 is 1.83 bits per heavy atom. The number of methoxy groups -OCH3 is 1. The Labute approximate surface area is 171 Å². The zero-order chi connectivity index (χ0) is 21.4. The van der Waals surface area contributed by atoms with E-state index in [9.17, 15) is 17.6 Å². The number of amides is 1. The van der Waals surface area contributed by atoms with Gasteiger partial charge in [0.2, 0.25) is 15.9 Å². The van der Waals surface area contributed by atoms with Crippen molar-refractivity contribution in [2.75, 3.05) is 24.2 Å². The van der Waals surface area contributed by atoms with Crippen molar-refractivity contribution in [1.29, 1.82) is 0 Å². The Morgan fingerprint density at radius 1 is 1.17 bits per heavy atom. The summed E-state index contributed by atoms with van der Waals surface area (Å²) in [4.78, 5) is 12.7. The SMILES string of the molecule is CC[C@H](C(=O)NCCCc1ccc(OC)cc1)N(c1ccccc1F)S(C)(=O)=O. The predicted octanol–water partition coefficient (Wildman–Crippen LogP) is 3.13. The number of benzene rings is 2. The minimum Gasteiger partial charge on any atom is -0.497 e. The summed E-state index contributed by atoms with van der Waals surface area (Å²) in [5, 5.41) is 2.78. The first-order chi connectivity index (χ1) is 13.8. The van der Waals surface area contributed by atoms with Gasteiger partial charge in [0.1, 0.15) is 17.6 Å². The zero-order valence-corrected chi connectivity index (χ0v) is 17.7. The molecule has 0 spiro atoms. The number of nitrogens with one attached hydrogen (secondary N) is 1. The number of para-hydroxylation sites is 1. The molecule has 0 radical (unpaired) electrons. The van der Waals surface area contributed by atoms with Gasteiger partial charge in [-0.3, -0.25) is 9.10 Å². The van der Waals surface area contributed by atoms with E-state index >= 15 is 0 Å². The number of hydrogen-bond donors (Lipinski definition) is 1. The third-order valence-corrected chi connectivity index (χ3v) is 5.69. The number of ether oxygens (including phenoxy) is 1. The fraction of sp³-hybridized carbons (Fsp3) is 0.381. The lowest BCUT2D eigenvalue weighted by Gasteiger charge is -2.30. The van der Waals surface area contributed by atoms with Crippen molar-refractivity contribution in [3.63, 3.8) is 0 Å². The van der Waals surface area contributed by atoms with Gasteiger partial charge in [0.25, 0.3) is 0 Å². The van der Waals surface area contributed by atoms with Crippen LogP contribution in [-0.2, 0) is 21.2 Å². The normalized spacial score (nSPS) is 12.3. The van der Waals surface area contributed by atoms with Crippen molar-refractivity contribution in [1.82, 2.24) is 5.32 Å². The Hall–Kier alpha value is -2.61. The molecule has 0 bridgehead atoms. The molecule has 0 unspecified atom stereocenters. The second-order valence-corrected chi connectivity index (χ2v) is 8.54. The summed E-state index contributed by atoms with van der Waals surface area (Å²) in [5.74, 6) is -0.360. The van der Waals surface area contributed by atoms with E-state index in [1.54, 1.807) is 14.0 Å². The maximum Gasteiger partial charge on any atom is 0.243 e. The number of hydrogen-bond acceptors (Lipinski definition) is 4. The molecule has 1 N–H and O–H groups in total. The van der Waals surface area contributed by atoms with Crippen LogP contribution in [-0.4, -0.2) is 40.3 Å². The average Bonchev–Trinajstić information content (AvgIpc) is 2.69. The molecule has 1 amide bonds. The van der Waals surface area contributed by atoms with Crippen molar-refractivity contribution in [2.24, 2.45) is 0 Å². The van der Waals surface area contributed by atoms with E-state index in [1.165, 1.54) is 24.3 Å². The number of carbonyl (C=O) groups is 1. The van der Waals surface area contributed by atoms with Crippen LogP contribution in [0.15, 0.2) is 48.5 Å². The molecule has 0 fully saturated rings. The van der Waals surface area contributed by atoms with Crippen molar-refractivity contribution in [2.45, 2.75) is 32.2 Å². The highest BCUT2D eigenvalue weighted by Gasteiger charge is 2.32. The van der Waals surface area contributed by atoms with Crippen molar-refractivity contribution in [3.05, 3.63) is 59.9 Å². The summed E-state index contributed by atoms with van der Waals surface area (Å²) in [5.41, 5.74) is 0.978. The van der Waals surface area contributed by atoms with E-state index in [4.69, 9.17) is 4.74 Å². The fourth-order valence-corrected chi connectivity index (χ4v) is 4.29. The molecule has 158 valence electrons. The first-order valence-electron chi connectivity index (χ1n) is 9.42. The summed E-state index contributed by atoms with van der Waals surface area (Å²) in [7, 11) is -2.25. The Morgan fingerprint density at radius 3 is 2.38 bits per heavy atom. The molecule has 0 saturated heterocycles. The minimum absolute atomic E-state index is 0.129. The average molecular weight is 423 g/mol. The van der Waals surface area contributed by atoms with Gasteiger partial charge in [-0.1, -0.05) is 31.2 Å². The van der Waals surface area contributed by atoms with Crippen molar-refractivity contribution >= 4 is 21.6 Å². The van der Waals surface area contributed by atoms with Crippen LogP contribution in [0.25, 0.3) is 0 Å². The number of rotatable bonds is 10. The molecule has 2 aromatic rings. The molecule has 0 aliphatic carbocycles. The summed E-state index contributed by atoms with van der Waals surface area (Å²) < 4.78 is 44.9. The van der Waals surface area contributed by atoms with Gasteiger partial charge >= 0.3 is 0 Å². The lowest BCUT2D eigenvalue weighted by atomic mass is 10.1. The third kappa shape index (κ3) is 6.19. The minimum atomic E-state index is -3.86. The van der Waals surface area contributed by atoms with Gasteiger partial charge in [0.15, 0.2) is 0 Å². The van der Waals surface area contributed by atoms with Gasteiger partial charge < -0.3 is 10.1 Å². The molecule has 2 rings (SSSR count). The number of sulfonamides is 1. The summed E-state index contributed by atoms with van der Waals surface area (Å²) in [6, 6.07) is 12.2. The quantitative estimate of drug-likeness (QED) is 0.597. The second-order valence-electron chi connectivity index (χ2n) is 6.68. The maximum atomic E-state index is 14.2. The highest BCUT2D eigenvalue weighted by molar-refractivity contribution is 7.92. The Bertz CT molecular complexity index is 917. The van der Waals surface area contributed by atoms with Gasteiger partial charge in [-0.15, -0.1) is 0 Å². The summed E-state index contributed by atoms with van der Waals surface area (Å²) in [6.45, 7) is 2.08. The van der Waals surface area contributed by atoms with Gasteiger partial charge in [0, 0.05) is 6.54 Å². The lowest BCUT2D eigenvalue weighted by Crippen LogP contribution is -2.49. The van der Waals surface area contributed by atoms with Crippen LogP contribution < -0.4 is 14.4 Å². The fourth-order valence-electron chi connectivity index (χ4n) is 3.08. The molecule has 0 aromatic heterocycles. The predicted molar refractivity (Wildman–Crippen MR) is 112 cm³/mol. The van der Waals surface area contributed by atoms with Crippen molar-refractivity contribution < 1.29 is 22.3 Å². The first-order valence-corrected chi connectivity index (χ1v) is 11.3. The van der Waals surface area contributed by atoms with E-state index in [0.29, 0.717) is 13.0 Å². The van der Waals surface area contributed by atoms with Crippen LogP contribution in [0.4, 0.5) is 10.1 Å². The summed E-state index contributed by atoms with van der Waals surface area (Å²) >= 11 is 0. The standard InChI is InChI=1S/C21H27FN2O4S/c1-4-19(24(29(3,26)27)20-10-6-5-9-18(20)22)21(25)23-15-7-8-16-11-13-17(28-2)14-12-16/h5-6,9-14,19H,4,7-8,15H2,1-3H3,(H,23,25)/t19-/m1/s1. The van der Waals surface area contributed by atoms with Gasteiger partial charge in [-0.05, 0) is 49.1 Å². The van der Waals surface area contributed by atoms with Crippen LogP contribution in [0.3, 0.4) is 0 Å². The smallest absolute Gasteiger partial charge is 0.243 e. The van der Waals surface area contributed by atoms with Gasteiger partial charge in [-0.25, -0.2) is 12.8 Å². The maximum absolute atomic E-state index is 14.2. The Kier molecular flexibility index (Phi) is 8.01. The first kappa shape index (κ1) is 22.7. The molecular formula is C21H27FN2O4S. The molecule has 0 aliphatic heterocycles. The molecule has 6 nitrogen and oxygen atoms in total. The molecule has 0 aliphatic rings. The second kappa shape index (κ2) is 10.2. The lowest BCUT2D eigenvalue weighted by molar-refractivity contribution is -0.122. The van der Waals surface area contributed by atoms with E-state index in [-0.39, 0.29) is 12.1 Å². The number of aryl methyl sites for hydroxylation is 1. The molecule has 2 aromatic carbocycles. The van der Waals surface area contributed by atoms with E-state index in [2.05, 4.69) is 5.32 Å². The van der Waals surface area contributed by atoms with E-state index in [0.717, 1.165) is 28.3 Å². The monoisotopic (exact) mass is 422 g/mol. The zero-order valence-electron chi connectivity index (χ0n) is 16.9. The molecule has 29 heavy (non-hydrogen) atoms. The molecular weight excluding hydrogens is 395 g/mol. The number of nitrogens with zero attached hydrogens (tertiary/aromatic N) is 1. The van der Waals surface area contributed by atoms with Crippen LogP contribution in [0.5, 0.6) is 5.75 Å². The van der Waals surface area contributed by atoms with Crippen LogP contribution in [0, 0.1) is 5.82 Å². The molecule has 0 saturated carbocycles. The van der Waals surface area contributed by atoms with Crippen LogP contribution in [0.1, 0.15) is 25.3 Å².